The first kappa shape index (κ1) is 17.7. The Bertz CT molecular complexity index is 525. The summed E-state index contributed by atoms with van der Waals surface area (Å²) in [6.45, 7) is 3.85. The molecule has 0 fully saturated rings. The highest BCUT2D eigenvalue weighted by molar-refractivity contribution is 6.03. The summed E-state index contributed by atoms with van der Waals surface area (Å²) in [5, 5.41) is 14.0. The van der Waals surface area contributed by atoms with Crippen LogP contribution in [0.25, 0.3) is 0 Å². The quantitative estimate of drug-likeness (QED) is 0.641. The van der Waals surface area contributed by atoms with Crippen LogP contribution in [0.3, 0.4) is 0 Å². The Kier molecular flexibility index (Phi) is 7.08. The number of anilines is 1. The van der Waals surface area contributed by atoms with Crippen molar-refractivity contribution in [3.63, 3.8) is 0 Å². The third-order valence-corrected chi connectivity index (χ3v) is 3.08. The van der Waals surface area contributed by atoms with Crippen LogP contribution in [0.5, 0.6) is 0 Å². The topological polar surface area (TPSA) is 95.5 Å². The Morgan fingerprint density at radius 1 is 1.14 bits per heavy atom. The number of carbonyl (C=O) groups is 3. The van der Waals surface area contributed by atoms with Gasteiger partial charge in [-0.15, -0.1) is 0 Å². The van der Waals surface area contributed by atoms with Crippen molar-refractivity contribution >= 4 is 23.5 Å². The van der Waals surface area contributed by atoms with Gasteiger partial charge in [0.25, 0.3) is 0 Å². The van der Waals surface area contributed by atoms with Gasteiger partial charge in [0.1, 0.15) is 6.42 Å². The van der Waals surface area contributed by atoms with Gasteiger partial charge >= 0.3 is 5.97 Å². The highest BCUT2D eigenvalue weighted by Gasteiger charge is 2.17. The molecule has 0 aliphatic carbocycles. The monoisotopic (exact) mass is 306 g/mol. The average molecular weight is 306 g/mol. The lowest BCUT2D eigenvalue weighted by Gasteiger charge is -2.16. The van der Waals surface area contributed by atoms with Gasteiger partial charge in [0.15, 0.2) is 0 Å². The van der Waals surface area contributed by atoms with E-state index in [9.17, 15) is 14.4 Å². The van der Waals surface area contributed by atoms with Crippen LogP contribution in [0.15, 0.2) is 24.3 Å². The highest BCUT2D eigenvalue weighted by atomic mass is 16.4. The molecule has 120 valence electrons. The number of carbonyl (C=O) groups excluding carboxylic acids is 2. The number of hydrogen-bond acceptors (Lipinski definition) is 3. The summed E-state index contributed by atoms with van der Waals surface area (Å²) >= 11 is 0. The summed E-state index contributed by atoms with van der Waals surface area (Å²) in [7, 11) is 0. The number of aliphatic carboxylic acids is 1. The predicted octanol–water partition coefficient (Wildman–Crippen LogP) is 2.08. The van der Waals surface area contributed by atoms with Crippen molar-refractivity contribution in [3.8, 4) is 0 Å². The summed E-state index contributed by atoms with van der Waals surface area (Å²) in [5.41, 5.74) is 1.70. The van der Waals surface area contributed by atoms with E-state index < -0.39 is 23.8 Å². The predicted molar refractivity (Wildman–Crippen MR) is 83.5 cm³/mol. The highest BCUT2D eigenvalue weighted by Crippen LogP contribution is 2.09. The molecular formula is C16H22N2O4. The van der Waals surface area contributed by atoms with Gasteiger partial charge in [0.05, 0.1) is 6.42 Å². The van der Waals surface area contributed by atoms with Gasteiger partial charge in [-0.3, -0.25) is 14.4 Å². The van der Waals surface area contributed by atoms with Crippen molar-refractivity contribution in [2.45, 2.75) is 45.6 Å². The molecule has 0 aromatic heterocycles. The molecule has 6 heteroatoms. The van der Waals surface area contributed by atoms with Crippen LogP contribution < -0.4 is 10.6 Å². The van der Waals surface area contributed by atoms with Crippen molar-refractivity contribution in [2.24, 2.45) is 0 Å². The Morgan fingerprint density at radius 3 is 2.32 bits per heavy atom. The summed E-state index contributed by atoms with van der Waals surface area (Å²) < 4.78 is 0. The molecule has 0 saturated carbocycles. The second kappa shape index (κ2) is 8.81. The molecule has 22 heavy (non-hydrogen) atoms. The van der Waals surface area contributed by atoms with E-state index in [0.717, 1.165) is 12.0 Å². The molecule has 0 aliphatic heterocycles. The number of amides is 2. The van der Waals surface area contributed by atoms with E-state index >= 15 is 0 Å². The lowest BCUT2D eigenvalue weighted by molar-refractivity contribution is -0.137. The first-order valence-corrected chi connectivity index (χ1v) is 7.28. The molecule has 0 aliphatic rings. The standard InChI is InChI=1S/C16H22N2O4/c1-3-4-13(9-16(21)22)18-15(20)10-14(19)17-12-7-5-11(2)6-8-12/h5-8,13H,3-4,9-10H2,1-2H3,(H,17,19)(H,18,20)(H,21,22). The van der Waals surface area contributed by atoms with Gasteiger partial charge in [0.2, 0.25) is 11.8 Å². The van der Waals surface area contributed by atoms with Gasteiger partial charge in [-0.1, -0.05) is 31.0 Å². The normalized spacial score (nSPS) is 11.5. The summed E-state index contributed by atoms with van der Waals surface area (Å²) in [6, 6.07) is 6.80. The molecule has 0 heterocycles. The number of nitrogens with one attached hydrogen (secondary N) is 2. The van der Waals surface area contributed by atoms with Crippen LogP contribution in [0, 0.1) is 6.92 Å². The second-order valence-electron chi connectivity index (χ2n) is 5.24. The second-order valence-corrected chi connectivity index (χ2v) is 5.24. The number of rotatable bonds is 8. The molecule has 0 saturated heterocycles. The van der Waals surface area contributed by atoms with E-state index in [-0.39, 0.29) is 12.8 Å². The Balaban J connectivity index is 2.46. The fraction of sp³-hybridized carbons (Fsp3) is 0.438. The van der Waals surface area contributed by atoms with Crippen LogP contribution in [0.2, 0.25) is 0 Å². The lowest BCUT2D eigenvalue weighted by Crippen LogP contribution is -2.38. The van der Waals surface area contributed by atoms with E-state index in [1.807, 2.05) is 26.0 Å². The van der Waals surface area contributed by atoms with E-state index in [1.54, 1.807) is 12.1 Å². The molecule has 1 aromatic carbocycles. The molecule has 0 spiro atoms. The molecule has 1 atom stereocenters. The maximum Gasteiger partial charge on any atom is 0.305 e. The van der Waals surface area contributed by atoms with E-state index in [2.05, 4.69) is 10.6 Å². The van der Waals surface area contributed by atoms with Gasteiger partial charge < -0.3 is 15.7 Å². The van der Waals surface area contributed by atoms with Gasteiger partial charge in [-0.25, -0.2) is 0 Å². The molecule has 1 unspecified atom stereocenters. The fourth-order valence-corrected chi connectivity index (χ4v) is 2.05. The van der Waals surface area contributed by atoms with Crippen LogP contribution >= 0.6 is 0 Å². The van der Waals surface area contributed by atoms with Gasteiger partial charge in [0, 0.05) is 11.7 Å². The maximum atomic E-state index is 11.8. The van der Waals surface area contributed by atoms with Crippen molar-refractivity contribution in [1.82, 2.24) is 5.32 Å². The van der Waals surface area contributed by atoms with Crippen LogP contribution in [-0.2, 0) is 14.4 Å². The van der Waals surface area contributed by atoms with E-state index in [1.165, 1.54) is 0 Å². The zero-order valence-corrected chi connectivity index (χ0v) is 12.9. The largest absolute Gasteiger partial charge is 0.481 e. The maximum absolute atomic E-state index is 11.8. The first-order chi connectivity index (χ1) is 10.4. The number of benzene rings is 1. The first-order valence-electron chi connectivity index (χ1n) is 7.28. The Morgan fingerprint density at radius 2 is 1.77 bits per heavy atom. The van der Waals surface area contributed by atoms with Crippen molar-refractivity contribution in [3.05, 3.63) is 29.8 Å². The van der Waals surface area contributed by atoms with Crippen molar-refractivity contribution < 1.29 is 19.5 Å². The number of carboxylic acids is 1. The molecule has 0 bridgehead atoms. The smallest absolute Gasteiger partial charge is 0.305 e. The average Bonchev–Trinajstić information content (AvgIpc) is 2.40. The van der Waals surface area contributed by atoms with Crippen molar-refractivity contribution in [1.29, 1.82) is 0 Å². The summed E-state index contributed by atoms with van der Waals surface area (Å²) in [6.07, 6.45) is 0.859. The number of carboxylic acid groups (broad SMARTS) is 1. The summed E-state index contributed by atoms with van der Waals surface area (Å²) in [4.78, 5) is 34.3. The van der Waals surface area contributed by atoms with Crippen LogP contribution in [0.1, 0.15) is 38.2 Å². The number of hydrogen-bond donors (Lipinski definition) is 3. The van der Waals surface area contributed by atoms with E-state index in [4.69, 9.17) is 5.11 Å². The third kappa shape index (κ3) is 6.88. The van der Waals surface area contributed by atoms with Gasteiger partial charge in [-0.05, 0) is 25.5 Å². The molecular weight excluding hydrogens is 284 g/mol. The molecule has 1 rings (SSSR count). The summed E-state index contributed by atoms with van der Waals surface area (Å²) in [5.74, 6) is -1.86. The minimum Gasteiger partial charge on any atom is -0.481 e. The minimum absolute atomic E-state index is 0.140. The van der Waals surface area contributed by atoms with Crippen molar-refractivity contribution in [2.75, 3.05) is 5.32 Å². The Labute approximate surface area is 129 Å². The zero-order valence-electron chi connectivity index (χ0n) is 12.9. The SMILES string of the molecule is CCCC(CC(=O)O)NC(=O)CC(=O)Nc1ccc(C)cc1. The zero-order chi connectivity index (χ0) is 16.5. The molecule has 0 radical (unpaired) electrons. The molecule has 1 aromatic rings. The third-order valence-electron chi connectivity index (χ3n) is 3.08. The Hall–Kier alpha value is -2.37. The van der Waals surface area contributed by atoms with Crippen LogP contribution in [-0.4, -0.2) is 28.9 Å². The fourth-order valence-electron chi connectivity index (χ4n) is 2.05. The lowest BCUT2D eigenvalue weighted by atomic mass is 10.1. The molecule has 6 nitrogen and oxygen atoms in total. The van der Waals surface area contributed by atoms with Gasteiger partial charge in [-0.2, -0.15) is 0 Å². The molecule has 3 N–H and O–H groups in total. The number of aryl methyl sites for hydroxylation is 1. The molecule has 2 amide bonds. The minimum atomic E-state index is -0.970. The van der Waals surface area contributed by atoms with E-state index in [0.29, 0.717) is 12.1 Å². The van der Waals surface area contributed by atoms with Crippen LogP contribution in [0.4, 0.5) is 5.69 Å².